The normalized spacial score (nSPS) is 22.8. The van der Waals surface area contributed by atoms with E-state index >= 15 is 0 Å². The second-order valence-electron chi connectivity index (χ2n) is 6.39. The number of fused-ring (bicyclic) bond motifs is 2. The van der Waals surface area contributed by atoms with Gasteiger partial charge in [0.15, 0.2) is 0 Å². The molecule has 0 unspecified atom stereocenters. The largest absolute Gasteiger partial charge is 0.416 e. The van der Waals surface area contributed by atoms with E-state index in [1.165, 1.54) is 0 Å². The van der Waals surface area contributed by atoms with Gasteiger partial charge >= 0.3 is 11.9 Å². The van der Waals surface area contributed by atoms with Crippen molar-refractivity contribution in [1.82, 2.24) is 5.32 Å². The van der Waals surface area contributed by atoms with Crippen molar-refractivity contribution in [3.8, 4) is 0 Å². The van der Waals surface area contributed by atoms with Crippen molar-refractivity contribution in [2.45, 2.75) is 31.5 Å². The molecule has 1 spiro atoms. The van der Waals surface area contributed by atoms with Crippen LogP contribution in [0.3, 0.4) is 0 Å². The second-order valence-corrected chi connectivity index (χ2v) is 6.80. The zero-order valence-corrected chi connectivity index (χ0v) is 14.0. The molecular formula is C17H19ClN2O4. The SMILES string of the molecule is O=C1CCC(=O)OC2(CNCCc3c2ccc(Cl)c3N2CCC2)O1. The van der Waals surface area contributed by atoms with Crippen LogP contribution in [-0.4, -0.2) is 38.1 Å². The lowest BCUT2D eigenvalue weighted by Crippen LogP contribution is -2.44. The molecule has 1 N–H and O–H groups in total. The van der Waals surface area contributed by atoms with E-state index in [-0.39, 0.29) is 19.4 Å². The molecule has 0 bridgehead atoms. The van der Waals surface area contributed by atoms with Crippen LogP contribution in [0.5, 0.6) is 0 Å². The van der Waals surface area contributed by atoms with Crippen molar-refractivity contribution in [2.75, 3.05) is 31.1 Å². The van der Waals surface area contributed by atoms with Crippen LogP contribution in [-0.2, 0) is 31.3 Å². The number of ether oxygens (including phenoxy) is 2. The van der Waals surface area contributed by atoms with Crippen molar-refractivity contribution in [2.24, 2.45) is 0 Å². The van der Waals surface area contributed by atoms with Crippen LogP contribution in [0.1, 0.15) is 30.4 Å². The third-order valence-electron chi connectivity index (χ3n) is 4.82. The van der Waals surface area contributed by atoms with E-state index in [1.807, 2.05) is 6.07 Å². The van der Waals surface area contributed by atoms with E-state index in [4.69, 9.17) is 21.1 Å². The summed E-state index contributed by atoms with van der Waals surface area (Å²) in [7, 11) is 0. The summed E-state index contributed by atoms with van der Waals surface area (Å²) in [4.78, 5) is 26.3. The zero-order chi connectivity index (χ0) is 16.7. The second kappa shape index (κ2) is 5.93. The zero-order valence-electron chi connectivity index (χ0n) is 13.3. The minimum atomic E-state index is -1.40. The van der Waals surface area contributed by atoms with Crippen LogP contribution in [0.2, 0.25) is 5.02 Å². The first kappa shape index (κ1) is 15.7. The number of anilines is 1. The Morgan fingerprint density at radius 1 is 1.08 bits per heavy atom. The fourth-order valence-corrected chi connectivity index (χ4v) is 3.83. The fraction of sp³-hybridized carbons (Fsp3) is 0.529. The van der Waals surface area contributed by atoms with Crippen LogP contribution >= 0.6 is 11.6 Å². The van der Waals surface area contributed by atoms with Crippen molar-refractivity contribution in [1.29, 1.82) is 0 Å². The lowest BCUT2D eigenvalue weighted by molar-refractivity contribution is -0.225. The molecule has 0 radical (unpaired) electrons. The molecule has 3 aliphatic rings. The monoisotopic (exact) mass is 350 g/mol. The molecule has 2 fully saturated rings. The molecule has 6 nitrogen and oxygen atoms in total. The number of hydrogen-bond acceptors (Lipinski definition) is 6. The van der Waals surface area contributed by atoms with Crippen molar-refractivity contribution < 1.29 is 19.1 Å². The summed E-state index contributed by atoms with van der Waals surface area (Å²) >= 11 is 6.46. The molecule has 0 saturated carbocycles. The van der Waals surface area contributed by atoms with Gasteiger partial charge in [0.1, 0.15) is 0 Å². The molecule has 3 aliphatic heterocycles. The number of nitrogens with zero attached hydrogens (tertiary/aromatic N) is 1. The van der Waals surface area contributed by atoms with Crippen LogP contribution in [0, 0.1) is 0 Å². The highest BCUT2D eigenvalue weighted by molar-refractivity contribution is 6.33. The number of carbonyl (C=O) groups excluding carboxylic acids is 2. The number of rotatable bonds is 1. The van der Waals surface area contributed by atoms with E-state index in [0.717, 1.165) is 42.7 Å². The van der Waals surface area contributed by atoms with Crippen LogP contribution < -0.4 is 10.2 Å². The number of carbonyl (C=O) groups is 2. The Morgan fingerprint density at radius 2 is 1.79 bits per heavy atom. The van der Waals surface area contributed by atoms with Gasteiger partial charge in [0.25, 0.3) is 5.79 Å². The minimum Gasteiger partial charge on any atom is -0.416 e. The number of halogens is 1. The highest BCUT2D eigenvalue weighted by Crippen LogP contribution is 2.42. The van der Waals surface area contributed by atoms with Gasteiger partial charge in [-0.3, -0.25) is 9.59 Å². The quantitative estimate of drug-likeness (QED) is 0.778. The maximum atomic E-state index is 12.1. The average Bonchev–Trinajstić information content (AvgIpc) is 2.75. The molecule has 3 heterocycles. The summed E-state index contributed by atoms with van der Waals surface area (Å²) in [5.41, 5.74) is 2.69. The molecule has 7 heteroatoms. The lowest BCUT2D eigenvalue weighted by Gasteiger charge is -2.38. The van der Waals surface area contributed by atoms with Gasteiger partial charge in [-0.1, -0.05) is 11.6 Å². The Balaban J connectivity index is 1.87. The van der Waals surface area contributed by atoms with Gasteiger partial charge in [0.2, 0.25) is 0 Å². The van der Waals surface area contributed by atoms with Gasteiger partial charge in [-0.05, 0) is 37.1 Å². The molecule has 1 aromatic rings. The van der Waals surface area contributed by atoms with E-state index in [1.54, 1.807) is 6.07 Å². The van der Waals surface area contributed by atoms with Gasteiger partial charge in [-0.25, -0.2) is 0 Å². The smallest absolute Gasteiger partial charge is 0.309 e. The predicted molar refractivity (Wildman–Crippen MR) is 88.0 cm³/mol. The first-order chi connectivity index (χ1) is 11.6. The molecule has 0 aliphatic carbocycles. The Bertz CT molecular complexity index is 684. The maximum Gasteiger partial charge on any atom is 0.309 e. The number of nitrogens with one attached hydrogen (secondary N) is 1. The molecule has 0 atom stereocenters. The molecular weight excluding hydrogens is 332 g/mol. The highest BCUT2D eigenvalue weighted by Gasteiger charge is 2.46. The van der Waals surface area contributed by atoms with Gasteiger partial charge in [0, 0.05) is 18.7 Å². The Labute approximate surface area is 145 Å². The maximum absolute atomic E-state index is 12.1. The van der Waals surface area contributed by atoms with E-state index in [9.17, 15) is 9.59 Å². The summed E-state index contributed by atoms with van der Waals surface area (Å²) < 4.78 is 11.3. The summed E-state index contributed by atoms with van der Waals surface area (Å²) in [6.07, 6.45) is 1.96. The van der Waals surface area contributed by atoms with Gasteiger partial charge < -0.3 is 19.7 Å². The number of benzene rings is 1. The summed E-state index contributed by atoms with van der Waals surface area (Å²) in [6.45, 7) is 2.86. The average molecular weight is 351 g/mol. The first-order valence-corrected chi connectivity index (χ1v) is 8.68. The number of hydrogen-bond donors (Lipinski definition) is 1. The molecule has 1 aromatic carbocycles. The Hall–Kier alpha value is -1.79. The van der Waals surface area contributed by atoms with Crippen molar-refractivity contribution in [3.63, 3.8) is 0 Å². The van der Waals surface area contributed by atoms with Crippen LogP contribution in [0.4, 0.5) is 5.69 Å². The van der Waals surface area contributed by atoms with Crippen LogP contribution in [0.15, 0.2) is 12.1 Å². The molecule has 0 amide bonds. The third kappa shape index (κ3) is 2.54. The van der Waals surface area contributed by atoms with E-state index in [2.05, 4.69) is 10.2 Å². The molecule has 2 saturated heterocycles. The third-order valence-corrected chi connectivity index (χ3v) is 5.12. The van der Waals surface area contributed by atoms with E-state index in [0.29, 0.717) is 11.6 Å². The minimum absolute atomic E-state index is 0.0441. The lowest BCUT2D eigenvalue weighted by atomic mass is 9.94. The summed E-state index contributed by atoms with van der Waals surface area (Å²) in [5.74, 6) is -2.24. The van der Waals surface area contributed by atoms with Crippen molar-refractivity contribution in [3.05, 3.63) is 28.3 Å². The Kier molecular flexibility index (Phi) is 3.89. The highest BCUT2D eigenvalue weighted by atomic mass is 35.5. The van der Waals surface area contributed by atoms with Gasteiger partial charge in [0.05, 0.1) is 30.1 Å². The topological polar surface area (TPSA) is 67.9 Å². The fourth-order valence-electron chi connectivity index (χ4n) is 3.54. The molecule has 128 valence electrons. The molecule has 24 heavy (non-hydrogen) atoms. The molecule has 0 aromatic heterocycles. The van der Waals surface area contributed by atoms with Crippen LogP contribution in [0.25, 0.3) is 0 Å². The predicted octanol–water partition coefficient (Wildman–Crippen LogP) is 1.73. The summed E-state index contributed by atoms with van der Waals surface area (Å²) in [5, 5.41) is 3.91. The van der Waals surface area contributed by atoms with Gasteiger partial charge in [-0.15, -0.1) is 0 Å². The van der Waals surface area contributed by atoms with Gasteiger partial charge in [-0.2, -0.15) is 0 Å². The standard InChI is InChI=1S/C17H19ClN2O4/c18-13-3-2-12-11(16(13)20-8-1-9-20)6-7-19-10-17(12)23-14(21)4-5-15(22)24-17/h2-3,19H,1,4-10H2. The van der Waals surface area contributed by atoms with E-state index < -0.39 is 17.7 Å². The first-order valence-electron chi connectivity index (χ1n) is 8.30. The molecule has 4 rings (SSSR count). The van der Waals surface area contributed by atoms with Crippen molar-refractivity contribution >= 4 is 29.2 Å². The number of esters is 2. The Morgan fingerprint density at radius 3 is 2.42 bits per heavy atom. The summed E-state index contributed by atoms with van der Waals surface area (Å²) in [6, 6.07) is 3.62.